The number of likely N-dealkylation sites (N-methyl/N-ethyl adjacent to an activating group) is 1. The number of nitrogens with one attached hydrogen (secondary N) is 1. The van der Waals surface area contributed by atoms with Gasteiger partial charge in [-0.05, 0) is 50.0 Å². The van der Waals surface area contributed by atoms with Gasteiger partial charge in [0.05, 0.1) is 0 Å². The number of rotatable bonds is 7. The van der Waals surface area contributed by atoms with Crippen molar-refractivity contribution < 1.29 is 0 Å². The van der Waals surface area contributed by atoms with E-state index in [1.807, 2.05) is 12.1 Å². The molecule has 0 amide bonds. The first-order valence-corrected chi connectivity index (χ1v) is 7.84. The first-order valence-electron chi connectivity index (χ1n) is 7.46. The highest BCUT2D eigenvalue weighted by molar-refractivity contribution is 6.30. The lowest BCUT2D eigenvalue weighted by Gasteiger charge is -2.26. The van der Waals surface area contributed by atoms with Gasteiger partial charge in [0.25, 0.3) is 0 Å². The van der Waals surface area contributed by atoms with E-state index in [9.17, 15) is 0 Å². The van der Waals surface area contributed by atoms with Crippen LogP contribution in [0.1, 0.15) is 45.7 Å². The second-order valence-electron chi connectivity index (χ2n) is 6.77. The fourth-order valence-electron chi connectivity index (χ4n) is 2.06. The van der Waals surface area contributed by atoms with Crippen LogP contribution in [0, 0.1) is 5.41 Å². The van der Waals surface area contributed by atoms with Crippen LogP contribution in [0.4, 0.5) is 0 Å². The monoisotopic (exact) mass is 296 g/mol. The third kappa shape index (κ3) is 6.74. The van der Waals surface area contributed by atoms with Gasteiger partial charge in [-0.15, -0.1) is 0 Å². The molecule has 2 nitrogen and oxygen atoms in total. The quantitative estimate of drug-likeness (QED) is 0.752. The Morgan fingerprint density at radius 3 is 2.55 bits per heavy atom. The van der Waals surface area contributed by atoms with Crippen LogP contribution in [-0.2, 0) is 0 Å². The largest absolute Gasteiger partial charge is 0.315 e. The predicted molar refractivity (Wildman–Crippen MR) is 89.4 cm³/mol. The Kier molecular flexibility index (Phi) is 7.01. The SMILES string of the molecule is CC(c1cccc(Cl)c1)N(C)CCNCCC(C)(C)C. The third-order valence-electron chi connectivity index (χ3n) is 3.69. The third-order valence-corrected chi connectivity index (χ3v) is 3.92. The van der Waals surface area contributed by atoms with Crippen molar-refractivity contribution in [3.63, 3.8) is 0 Å². The summed E-state index contributed by atoms with van der Waals surface area (Å²) in [6, 6.07) is 8.52. The Hall–Kier alpha value is -0.570. The van der Waals surface area contributed by atoms with Gasteiger partial charge in [0.15, 0.2) is 0 Å². The first-order chi connectivity index (χ1) is 9.29. The Bertz CT molecular complexity index is 398. The first kappa shape index (κ1) is 17.5. The van der Waals surface area contributed by atoms with E-state index in [1.54, 1.807) is 0 Å². The lowest BCUT2D eigenvalue weighted by atomic mass is 9.92. The van der Waals surface area contributed by atoms with Gasteiger partial charge in [-0.25, -0.2) is 0 Å². The predicted octanol–water partition coefficient (Wildman–Crippen LogP) is 4.36. The molecule has 0 heterocycles. The molecule has 1 aromatic rings. The van der Waals surface area contributed by atoms with E-state index in [2.05, 4.69) is 57.1 Å². The number of halogens is 1. The van der Waals surface area contributed by atoms with E-state index in [1.165, 1.54) is 12.0 Å². The summed E-state index contributed by atoms with van der Waals surface area (Å²) >= 11 is 6.05. The summed E-state index contributed by atoms with van der Waals surface area (Å²) in [5, 5.41) is 4.33. The lowest BCUT2D eigenvalue weighted by Crippen LogP contribution is -2.32. The van der Waals surface area contributed by atoms with Gasteiger partial charge in [0.2, 0.25) is 0 Å². The van der Waals surface area contributed by atoms with Crippen molar-refractivity contribution in [2.45, 2.75) is 40.2 Å². The van der Waals surface area contributed by atoms with Crippen molar-refractivity contribution in [3.8, 4) is 0 Å². The zero-order valence-electron chi connectivity index (χ0n) is 13.5. The zero-order chi connectivity index (χ0) is 15.2. The van der Waals surface area contributed by atoms with Gasteiger partial charge in [0.1, 0.15) is 0 Å². The average molecular weight is 297 g/mol. The number of benzene rings is 1. The lowest BCUT2D eigenvalue weighted by molar-refractivity contribution is 0.258. The van der Waals surface area contributed by atoms with Crippen molar-refractivity contribution in [3.05, 3.63) is 34.9 Å². The molecule has 0 aliphatic heterocycles. The Morgan fingerprint density at radius 1 is 1.25 bits per heavy atom. The molecule has 0 aliphatic rings. The molecule has 1 aromatic carbocycles. The summed E-state index contributed by atoms with van der Waals surface area (Å²) in [5.41, 5.74) is 1.68. The van der Waals surface area contributed by atoms with Crippen LogP contribution < -0.4 is 5.32 Å². The molecule has 1 N–H and O–H groups in total. The van der Waals surface area contributed by atoms with E-state index in [0.717, 1.165) is 24.7 Å². The zero-order valence-corrected chi connectivity index (χ0v) is 14.3. The Balaban J connectivity index is 2.30. The van der Waals surface area contributed by atoms with E-state index in [-0.39, 0.29) is 0 Å². The van der Waals surface area contributed by atoms with Crippen molar-refractivity contribution in [2.75, 3.05) is 26.7 Å². The molecular weight excluding hydrogens is 268 g/mol. The molecule has 0 spiro atoms. The maximum absolute atomic E-state index is 6.05. The van der Waals surface area contributed by atoms with Gasteiger partial charge in [-0.3, -0.25) is 4.90 Å². The van der Waals surface area contributed by atoms with Gasteiger partial charge in [0, 0.05) is 24.2 Å². The molecular formula is C17H29ClN2. The fourth-order valence-corrected chi connectivity index (χ4v) is 2.26. The average Bonchev–Trinajstić information content (AvgIpc) is 2.36. The highest BCUT2D eigenvalue weighted by Crippen LogP contribution is 2.21. The van der Waals surface area contributed by atoms with Crippen LogP contribution in [0.25, 0.3) is 0 Å². The van der Waals surface area contributed by atoms with Gasteiger partial charge in [-0.2, -0.15) is 0 Å². The molecule has 0 saturated heterocycles. The van der Waals surface area contributed by atoms with Crippen LogP contribution in [0.5, 0.6) is 0 Å². The van der Waals surface area contributed by atoms with E-state index in [0.29, 0.717) is 11.5 Å². The maximum atomic E-state index is 6.05. The van der Waals surface area contributed by atoms with Gasteiger partial charge < -0.3 is 5.32 Å². The van der Waals surface area contributed by atoms with Crippen LogP contribution in [0.3, 0.4) is 0 Å². The molecule has 1 atom stereocenters. The fraction of sp³-hybridized carbons (Fsp3) is 0.647. The minimum atomic E-state index is 0.387. The molecule has 0 radical (unpaired) electrons. The van der Waals surface area contributed by atoms with E-state index >= 15 is 0 Å². The standard InChI is InChI=1S/C17H29ClN2/c1-14(15-7-6-8-16(18)13-15)20(5)12-11-19-10-9-17(2,3)4/h6-8,13-14,19H,9-12H2,1-5H3. The van der Waals surface area contributed by atoms with Crippen molar-refractivity contribution in [2.24, 2.45) is 5.41 Å². The highest BCUT2D eigenvalue weighted by Gasteiger charge is 2.12. The number of hydrogen-bond acceptors (Lipinski definition) is 2. The van der Waals surface area contributed by atoms with Crippen LogP contribution in [0.15, 0.2) is 24.3 Å². The molecule has 0 bridgehead atoms. The topological polar surface area (TPSA) is 15.3 Å². The van der Waals surface area contributed by atoms with Gasteiger partial charge >= 0.3 is 0 Å². The summed E-state index contributed by atoms with van der Waals surface area (Å²) in [4.78, 5) is 2.36. The second kappa shape index (κ2) is 8.02. The second-order valence-corrected chi connectivity index (χ2v) is 7.21. The normalized spacial score (nSPS) is 13.8. The summed E-state index contributed by atoms with van der Waals surface area (Å²) in [6.45, 7) is 12.2. The number of nitrogens with zero attached hydrogens (tertiary/aromatic N) is 1. The molecule has 3 heteroatoms. The molecule has 0 aliphatic carbocycles. The number of hydrogen-bond donors (Lipinski definition) is 1. The Labute approximate surface area is 129 Å². The highest BCUT2D eigenvalue weighted by atomic mass is 35.5. The van der Waals surface area contributed by atoms with Gasteiger partial charge in [-0.1, -0.05) is 44.5 Å². The molecule has 0 saturated carbocycles. The summed E-state index contributed by atoms with van der Waals surface area (Å²) in [7, 11) is 2.16. The van der Waals surface area contributed by atoms with E-state index < -0.39 is 0 Å². The van der Waals surface area contributed by atoms with Crippen LogP contribution in [-0.4, -0.2) is 31.6 Å². The molecule has 0 aromatic heterocycles. The summed E-state index contributed by atoms with van der Waals surface area (Å²) < 4.78 is 0. The molecule has 0 fully saturated rings. The van der Waals surface area contributed by atoms with Crippen molar-refractivity contribution in [1.82, 2.24) is 10.2 Å². The molecule has 1 unspecified atom stereocenters. The van der Waals surface area contributed by atoms with Crippen LogP contribution in [0.2, 0.25) is 5.02 Å². The Morgan fingerprint density at radius 2 is 1.95 bits per heavy atom. The minimum absolute atomic E-state index is 0.387. The van der Waals surface area contributed by atoms with Crippen molar-refractivity contribution >= 4 is 11.6 Å². The maximum Gasteiger partial charge on any atom is 0.0409 e. The smallest absolute Gasteiger partial charge is 0.0409 e. The van der Waals surface area contributed by atoms with E-state index in [4.69, 9.17) is 11.6 Å². The minimum Gasteiger partial charge on any atom is -0.315 e. The van der Waals surface area contributed by atoms with Crippen molar-refractivity contribution in [1.29, 1.82) is 0 Å². The molecule has 114 valence electrons. The van der Waals surface area contributed by atoms with Crippen LogP contribution >= 0.6 is 11.6 Å². The summed E-state index contributed by atoms with van der Waals surface area (Å²) in [6.07, 6.45) is 1.21. The molecule has 20 heavy (non-hydrogen) atoms. The summed E-state index contributed by atoms with van der Waals surface area (Å²) in [5.74, 6) is 0. The molecule has 1 rings (SSSR count).